The Bertz CT molecular complexity index is 494. The van der Waals surface area contributed by atoms with Crippen molar-refractivity contribution in [1.29, 1.82) is 5.26 Å². The number of nitrogens with zero attached hydrogens (tertiary/aromatic N) is 2. The fraction of sp³-hybridized carbons (Fsp3) is 0.100. The summed E-state index contributed by atoms with van der Waals surface area (Å²) in [5.74, 6) is 3.85. The molecule has 5 heteroatoms. The topological polar surface area (TPSA) is 66.9 Å². The minimum Gasteiger partial charge on any atom is -0.258 e. The van der Waals surface area contributed by atoms with Gasteiger partial charge >= 0.3 is 5.69 Å². The van der Waals surface area contributed by atoms with Crippen LogP contribution in [0.3, 0.4) is 0 Å². The smallest absolute Gasteiger partial charge is 0.258 e. The van der Waals surface area contributed by atoms with Crippen molar-refractivity contribution in [3.63, 3.8) is 0 Å². The van der Waals surface area contributed by atoms with Crippen LogP contribution in [0.25, 0.3) is 0 Å². The maximum Gasteiger partial charge on any atom is 0.320 e. The average Bonchev–Trinajstić information content (AvgIpc) is 2.17. The molecule has 1 aromatic rings. The van der Waals surface area contributed by atoms with Crippen molar-refractivity contribution >= 4 is 5.69 Å². The molecule has 0 N–H and O–H groups in total. The molecule has 0 aromatic heterocycles. The molecule has 0 spiro atoms. The first kappa shape index (κ1) is 10.7. The molecule has 0 fully saturated rings. The Morgan fingerprint density at radius 3 is 2.87 bits per heavy atom. The molecule has 0 amide bonds. The molecule has 4 nitrogen and oxygen atoms in total. The van der Waals surface area contributed by atoms with Gasteiger partial charge in [0.1, 0.15) is 5.56 Å². The molecule has 0 heterocycles. The Labute approximate surface area is 85.1 Å². The van der Waals surface area contributed by atoms with Crippen molar-refractivity contribution in [1.82, 2.24) is 0 Å². The molecule has 0 atom stereocenters. The van der Waals surface area contributed by atoms with Crippen LogP contribution in [-0.4, -0.2) is 4.92 Å². The van der Waals surface area contributed by atoms with E-state index in [0.717, 1.165) is 6.07 Å². The number of nitro benzene ring substituents is 1. The predicted octanol–water partition coefficient (Wildman–Crippen LogP) is 2.00. The van der Waals surface area contributed by atoms with Crippen LogP contribution in [-0.2, 0) is 0 Å². The summed E-state index contributed by atoms with van der Waals surface area (Å²) in [6, 6.07) is 5.43. The summed E-state index contributed by atoms with van der Waals surface area (Å²) in [6.45, 7) is 0. The monoisotopic (exact) mass is 204 g/mol. The van der Waals surface area contributed by atoms with E-state index >= 15 is 0 Å². The second-order valence-corrected chi connectivity index (χ2v) is 2.53. The maximum absolute atomic E-state index is 13.0. The average molecular weight is 204 g/mol. The number of halogens is 1. The fourth-order valence-electron chi connectivity index (χ4n) is 0.981. The SMILES string of the molecule is N#CCC#Cc1cccc(F)c1[N+](=O)[O-]. The van der Waals surface area contributed by atoms with E-state index in [0.29, 0.717) is 0 Å². The molecule has 1 rings (SSSR count). The Hall–Kier alpha value is -2.40. The molecule has 0 radical (unpaired) electrons. The lowest BCUT2D eigenvalue weighted by atomic mass is 10.1. The van der Waals surface area contributed by atoms with Crippen molar-refractivity contribution in [2.75, 3.05) is 0 Å². The molecule has 0 unspecified atom stereocenters. The summed E-state index contributed by atoms with van der Waals surface area (Å²) in [4.78, 5) is 9.68. The van der Waals surface area contributed by atoms with Crippen LogP contribution in [0.2, 0.25) is 0 Å². The summed E-state index contributed by atoms with van der Waals surface area (Å²) in [5.41, 5.74) is -0.668. The first-order valence-electron chi connectivity index (χ1n) is 3.95. The number of para-hydroxylation sites is 1. The zero-order valence-corrected chi connectivity index (χ0v) is 7.53. The number of hydrogen-bond acceptors (Lipinski definition) is 3. The van der Waals surface area contributed by atoms with E-state index in [9.17, 15) is 14.5 Å². The van der Waals surface area contributed by atoms with Crippen LogP contribution >= 0.6 is 0 Å². The van der Waals surface area contributed by atoms with Gasteiger partial charge in [-0.05, 0) is 12.1 Å². The van der Waals surface area contributed by atoms with E-state index in [1.54, 1.807) is 6.07 Å². The molecule has 1 aromatic carbocycles. The van der Waals surface area contributed by atoms with Gasteiger partial charge < -0.3 is 0 Å². The molecular weight excluding hydrogens is 199 g/mol. The fourth-order valence-corrected chi connectivity index (χ4v) is 0.981. The zero-order valence-electron chi connectivity index (χ0n) is 7.53. The van der Waals surface area contributed by atoms with Gasteiger partial charge in [0.15, 0.2) is 0 Å². The van der Waals surface area contributed by atoms with Crippen LogP contribution in [0.5, 0.6) is 0 Å². The number of rotatable bonds is 1. The maximum atomic E-state index is 13.0. The highest BCUT2D eigenvalue weighted by Gasteiger charge is 2.17. The molecular formula is C10H5FN2O2. The van der Waals surface area contributed by atoms with E-state index in [1.807, 2.05) is 0 Å². The molecule has 0 aliphatic heterocycles. The van der Waals surface area contributed by atoms with Gasteiger partial charge in [0.05, 0.1) is 17.4 Å². The van der Waals surface area contributed by atoms with Crippen LogP contribution in [0.15, 0.2) is 18.2 Å². The number of benzene rings is 1. The number of nitriles is 1. The van der Waals surface area contributed by atoms with Crippen molar-refractivity contribution in [2.24, 2.45) is 0 Å². The molecule has 74 valence electrons. The van der Waals surface area contributed by atoms with Crippen molar-refractivity contribution in [2.45, 2.75) is 6.42 Å². The highest BCUT2D eigenvalue weighted by molar-refractivity contribution is 5.51. The highest BCUT2D eigenvalue weighted by atomic mass is 19.1. The Balaban J connectivity index is 3.21. The molecule has 0 aliphatic carbocycles. The standard InChI is InChI=1S/C10H5FN2O2/c11-9-6-3-5-8(4-1-2-7-12)10(9)13(14)15/h3,5-6H,2H2. The lowest BCUT2D eigenvalue weighted by Gasteiger charge is -1.95. The van der Waals surface area contributed by atoms with Gasteiger partial charge in [-0.2, -0.15) is 9.65 Å². The van der Waals surface area contributed by atoms with Crippen LogP contribution in [0.4, 0.5) is 10.1 Å². The Morgan fingerprint density at radius 2 is 2.27 bits per heavy atom. The van der Waals surface area contributed by atoms with Gasteiger partial charge in [-0.25, -0.2) is 0 Å². The zero-order chi connectivity index (χ0) is 11.3. The second kappa shape index (κ2) is 4.73. The highest BCUT2D eigenvalue weighted by Crippen LogP contribution is 2.21. The molecule has 0 bridgehead atoms. The summed E-state index contributed by atoms with van der Waals surface area (Å²) in [6.07, 6.45) is -0.0479. The van der Waals surface area contributed by atoms with Crippen molar-refractivity contribution in [3.05, 3.63) is 39.7 Å². The van der Waals surface area contributed by atoms with Gasteiger partial charge in [0, 0.05) is 0 Å². The minimum absolute atomic E-state index is 0.0183. The lowest BCUT2D eigenvalue weighted by Crippen LogP contribution is -1.95. The third-order valence-corrected chi connectivity index (χ3v) is 1.56. The number of hydrogen-bond donors (Lipinski definition) is 0. The minimum atomic E-state index is -0.927. The van der Waals surface area contributed by atoms with Crippen LogP contribution in [0, 0.1) is 39.1 Å². The first-order valence-corrected chi connectivity index (χ1v) is 3.95. The summed E-state index contributed by atoms with van der Waals surface area (Å²) in [5, 5.41) is 18.7. The summed E-state index contributed by atoms with van der Waals surface area (Å²) in [7, 11) is 0. The second-order valence-electron chi connectivity index (χ2n) is 2.53. The van der Waals surface area contributed by atoms with E-state index < -0.39 is 16.4 Å². The van der Waals surface area contributed by atoms with E-state index in [4.69, 9.17) is 5.26 Å². The number of nitro groups is 1. The third kappa shape index (κ3) is 2.52. The largest absolute Gasteiger partial charge is 0.320 e. The van der Waals surface area contributed by atoms with E-state index in [-0.39, 0.29) is 12.0 Å². The van der Waals surface area contributed by atoms with Crippen molar-refractivity contribution in [3.8, 4) is 17.9 Å². The van der Waals surface area contributed by atoms with Crippen LogP contribution in [0.1, 0.15) is 12.0 Å². The molecule has 0 saturated heterocycles. The Kier molecular flexibility index (Phi) is 3.37. The quantitative estimate of drug-likeness (QED) is 0.399. The van der Waals surface area contributed by atoms with Crippen molar-refractivity contribution < 1.29 is 9.31 Å². The van der Waals surface area contributed by atoms with Gasteiger partial charge in [-0.1, -0.05) is 17.9 Å². The van der Waals surface area contributed by atoms with Gasteiger partial charge in [-0.15, -0.1) is 0 Å². The first-order chi connectivity index (χ1) is 7.16. The third-order valence-electron chi connectivity index (χ3n) is 1.56. The molecule has 15 heavy (non-hydrogen) atoms. The Morgan fingerprint density at radius 1 is 1.53 bits per heavy atom. The summed E-state index contributed by atoms with van der Waals surface area (Å²) < 4.78 is 13.0. The van der Waals surface area contributed by atoms with E-state index in [2.05, 4.69) is 11.8 Å². The van der Waals surface area contributed by atoms with Gasteiger partial charge in [-0.3, -0.25) is 10.1 Å². The van der Waals surface area contributed by atoms with Gasteiger partial charge in [0.25, 0.3) is 0 Å². The predicted molar refractivity (Wildman–Crippen MR) is 50.2 cm³/mol. The van der Waals surface area contributed by atoms with E-state index in [1.165, 1.54) is 12.1 Å². The molecule has 0 aliphatic rings. The van der Waals surface area contributed by atoms with Crippen LogP contribution < -0.4 is 0 Å². The molecule has 0 saturated carbocycles. The lowest BCUT2D eigenvalue weighted by molar-refractivity contribution is -0.387. The van der Waals surface area contributed by atoms with Gasteiger partial charge in [0.2, 0.25) is 5.82 Å². The normalized spacial score (nSPS) is 8.53. The summed E-state index contributed by atoms with van der Waals surface area (Å²) >= 11 is 0.